The van der Waals surface area contributed by atoms with Gasteiger partial charge >= 0.3 is 56.2 Å². The molecule has 0 N–H and O–H groups in total. The smallest absolute Gasteiger partial charge is 0.461 e. The van der Waals surface area contributed by atoms with Crippen molar-refractivity contribution in [2.24, 2.45) is 0 Å². The Bertz CT molecular complexity index is 963. The number of halogens is 13. The summed E-state index contributed by atoms with van der Waals surface area (Å²) in [5, 5.41) is 0. The van der Waals surface area contributed by atoms with Gasteiger partial charge in [-0.2, -0.15) is 52.7 Å². The molecule has 0 unspecified atom stereocenters. The maximum atomic E-state index is 13.7. The topological polar surface area (TPSA) is 71.1 Å². The molecule has 0 fully saturated rings. The molecule has 0 amide bonds. The standard InChI is InChI=1S/C19H27F13O6Si3/c1-39(2,3)37-41(7,38-40(4,5)6)11-35-12(33)8-9-13(34)36-19(31,32)18(29,30)17(27,28)16(25,26)15(23,24)14(21,22)10-20/h8-9H,10-11H2,1-7H3. The van der Waals surface area contributed by atoms with Crippen molar-refractivity contribution in [1.29, 1.82) is 0 Å². The van der Waals surface area contributed by atoms with Crippen LogP contribution in [0.2, 0.25) is 45.8 Å². The van der Waals surface area contributed by atoms with Gasteiger partial charge in [0.25, 0.3) is 0 Å². The minimum atomic E-state index is -8.06. The number of carbonyl (C=O) groups excluding carboxylic acids is 2. The first-order valence-corrected chi connectivity index (χ1v) is 20.4. The zero-order valence-electron chi connectivity index (χ0n) is 22.4. The zero-order chi connectivity index (χ0) is 33.3. The molecule has 0 saturated carbocycles. The average molecular weight is 683 g/mol. The fraction of sp³-hybridized carbons (Fsp3) is 0.789. The summed E-state index contributed by atoms with van der Waals surface area (Å²) in [5.41, 5.74) is 0. The highest BCUT2D eigenvalue weighted by Gasteiger charge is 2.91. The maximum absolute atomic E-state index is 13.7. The highest BCUT2D eigenvalue weighted by atomic mass is 28.5. The van der Waals surface area contributed by atoms with Gasteiger partial charge in [0.2, 0.25) is 0 Å². The van der Waals surface area contributed by atoms with Gasteiger partial charge in [-0.25, -0.2) is 14.0 Å². The van der Waals surface area contributed by atoms with Crippen molar-refractivity contribution in [3.63, 3.8) is 0 Å². The van der Waals surface area contributed by atoms with Gasteiger partial charge in [-0.15, -0.1) is 0 Å². The summed E-state index contributed by atoms with van der Waals surface area (Å²) in [6.45, 7) is 8.37. The van der Waals surface area contributed by atoms with E-state index in [1.54, 1.807) is 39.3 Å². The van der Waals surface area contributed by atoms with Gasteiger partial charge in [0.1, 0.15) is 6.23 Å². The molecule has 0 aromatic heterocycles. The van der Waals surface area contributed by atoms with Crippen LogP contribution in [0, 0.1) is 0 Å². The largest absolute Gasteiger partial charge is 0.473 e. The van der Waals surface area contributed by atoms with Gasteiger partial charge in [0.15, 0.2) is 23.3 Å². The average Bonchev–Trinajstić information content (AvgIpc) is 2.72. The summed E-state index contributed by atoms with van der Waals surface area (Å²) in [6, 6.07) is 0. The summed E-state index contributed by atoms with van der Waals surface area (Å²) in [6.07, 6.45) is -8.02. The van der Waals surface area contributed by atoms with Crippen molar-refractivity contribution in [3.8, 4) is 0 Å². The SMILES string of the molecule is C[Si](C)(C)O[Si](C)(COC(=O)C=CC(=O)OC(F)(F)C(F)(F)C(F)(F)C(F)(F)C(F)(F)C(F)(F)CF)O[Si](C)(C)C. The first-order valence-electron chi connectivity index (χ1n) is 11.0. The first-order chi connectivity index (χ1) is 17.7. The van der Waals surface area contributed by atoms with Crippen LogP contribution in [0.25, 0.3) is 0 Å². The molecule has 0 aliphatic rings. The third-order valence-electron chi connectivity index (χ3n) is 4.28. The number of ether oxygens (including phenoxy) is 2. The molecule has 0 bridgehead atoms. The molecule has 0 aromatic carbocycles. The van der Waals surface area contributed by atoms with Crippen LogP contribution in [-0.4, -0.2) is 85.8 Å². The van der Waals surface area contributed by atoms with Crippen molar-refractivity contribution in [2.75, 3.05) is 12.9 Å². The summed E-state index contributed by atoms with van der Waals surface area (Å²) >= 11 is 0. The van der Waals surface area contributed by atoms with E-state index in [1.165, 1.54) is 6.55 Å². The van der Waals surface area contributed by atoms with Crippen molar-refractivity contribution >= 4 is 37.1 Å². The van der Waals surface area contributed by atoms with Crippen LogP contribution in [0.4, 0.5) is 57.1 Å². The number of carbonyl (C=O) groups is 2. The molecule has 22 heteroatoms. The molecule has 6 nitrogen and oxygen atoms in total. The van der Waals surface area contributed by atoms with Gasteiger partial charge in [0, 0.05) is 12.2 Å². The molecule has 0 spiro atoms. The molecule has 0 saturated heterocycles. The summed E-state index contributed by atoms with van der Waals surface area (Å²) in [5.74, 6) is -42.5. The van der Waals surface area contributed by atoms with E-state index in [0.29, 0.717) is 0 Å². The summed E-state index contributed by atoms with van der Waals surface area (Å²) in [4.78, 5) is 23.3. The molecule has 0 aliphatic carbocycles. The fourth-order valence-electron chi connectivity index (χ4n) is 2.88. The van der Waals surface area contributed by atoms with E-state index >= 15 is 0 Å². The molecule has 0 aromatic rings. The second-order valence-corrected chi connectivity index (χ2v) is 23.2. The molecular formula is C19H27F13O6Si3. The highest BCUT2D eigenvalue weighted by Crippen LogP contribution is 2.60. The Morgan fingerprint density at radius 2 is 0.976 bits per heavy atom. The van der Waals surface area contributed by atoms with Crippen LogP contribution in [0.1, 0.15) is 0 Å². The predicted molar refractivity (Wildman–Crippen MR) is 122 cm³/mol. The van der Waals surface area contributed by atoms with Crippen LogP contribution in [0.5, 0.6) is 0 Å². The quantitative estimate of drug-likeness (QED) is 0.0831. The number of hydrogen-bond donors (Lipinski definition) is 0. The van der Waals surface area contributed by atoms with Gasteiger partial charge < -0.3 is 17.7 Å². The molecule has 0 rings (SSSR count). The van der Waals surface area contributed by atoms with E-state index in [2.05, 4.69) is 4.74 Å². The van der Waals surface area contributed by atoms with Crippen LogP contribution in [0.3, 0.4) is 0 Å². The molecule has 0 aliphatic heterocycles. The number of esters is 2. The van der Waals surface area contributed by atoms with Crippen LogP contribution in [-0.2, 0) is 27.3 Å². The summed E-state index contributed by atoms with van der Waals surface area (Å²) < 4.78 is 193. The fourth-order valence-corrected chi connectivity index (χ4v) is 14.7. The molecule has 242 valence electrons. The van der Waals surface area contributed by atoms with Gasteiger partial charge in [-0.1, -0.05) is 0 Å². The third-order valence-corrected chi connectivity index (χ3v) is 13.3. The molecule has 0 heterocycles. The van der Waals surface area contributed by atoms with Crippen LogP contribution >= 0.6 is 0 Å². The van der Waals surface area contributed by atoms with Gasteiger partial charge in [0.05, 0.1) is 0 Å². The lowest BCUT2D eigenvalue weighted by molar-refractivity contribution is -0.450. The minimum absolute atomic E-state index is 0.0306. The van der Waals surface area contributed by atoms with Crippen molar-refractivity contribution < 1.29 is 84.4 Å². The van der Waals surface area contributed by atoms with Crippen LogP contribution < -0.4 is 0 Å². The highest BCUT2D eigenvalue weighted by molar-refractivity contribution is 6.87. The Morgan fingerprint density at radius 3 is 1.34 bits per heavy atom. The lowest BCUT2D eigenvalue weighted by Gasteiger charge is -2.40. The van der Waals surface area contributed by atoms with E-state index in [4.69, 9.17) is 13.0 Å². The lowest BCUT2D eigenvalue weighted by Crippen LogP contribution is -2.71. The van der Waals surface area contributed by atoms with Crippen molar-refractivity contribution in [3.05, 3.63) is 12.2 Å². The van der Waals surface area contributed by atoms with E-state index in [-0.39, 0.29) is 6.08 Å². The molecular weight excluding hydrogens is 655 g/mol. The molecule has 41 heavy (non-hydrogen) atoms. The molecule has 0 radical (unpaired) electrons. The van der Waals surface area contributed by atoms with Crippen molar-refractivity contribution in [2.45, 2.75) is 81.6 Å². The number of hydrogen-bond acceptors (Lipinski definition) is 6. The second-order valence-electron chi connectivity index (χ2n) is 10.6. The van der Waals surface area contributed by atoms with Gasteiger partial charge in [-0.3, -0.25) is 0 Å². The molecule has 0 atom stereocenters. The number of alkyl halides is 13. The van der Waals surface area contributed by atoms with Gasteiger partial charge in [-0.05, 0) is 45.8 Å². The van der Waals surface area contributed by atoms with Crippen LogP contribution in [0.15, 0.2) is 12.2 Å². The van der Waals surface area contributed by atoms with E-state index in [1.807, 2.05) is 0 Å². The monoisotopic (exact) mass is 682 g/mol. The van der Waals surface area contributed by atoms with Crippen molar-refractivity contribution in [1.82, 2.24) is 0 Å². The Kier molecular flexibility index (Phi) is 11.7. The van der Waals surface area contributed by atoms with E-state index < -0.39 is 91.8 Å². The minimum Gasteiger partial charge on any atom is -0.461 e. The third kappa shape index (κ3) is 9.16. The first kappa shape index (κ1) is 39.3. The van der Waals surface area contributed by atoms with E-state index in [0.717, 1.165) is 0 Å². The Balaban J connectivity index is 5.81. The Hall–Kier alpha value is -1.66. The van der Waals surface area contributed by atoms with E-state index in [9.17, 15) is 66.7 Å². The second kappa shape index (κ2) is 12.1. The number of rotatable bonds is 15. The zero-order valence-corrected chi connectivity index (χ0v) is 25.4. The summed E-state index contributed by atoms with van der Waals surface area (Å²) in [7, 11) is -7.85. The normalized spacial score (nSPS) is 15.3. The predicted octanol–water partition coefficient (Wildman–Crippen LogP) is 6.68. The lowest BCUT2D eigenvalue weighted by atomic mass is 9.94. The Labute approximate surface area is 228 Å². The Morgan fingerprint density at radius 1 is 0.610 bits per heavy atom. The maximum Gasteiger partial charge on any atom is 0.473 e.